The summed E-state index contributed by atoms with van der Waals surface area (Å²) in [6.07, 6.45) is 4.24. The van der Waals surface area contributed by atoms with E-state index in [9.17, 15) is 4.79 Å². The number of piperidine rings is 1. The van der Waals surface area contributed by atoms with E-state index in [1.807, 2.05) is 0 Å². The largest absolute Gasteiger partial charge is 0.341 e. The van der Waals surface area contributed by atoms with Crippen molar-refractivity contribution in [3.63, 3.8) is 0 Å². The standard InChI is InChI=1S/C31H36N2O/c1-23-19-24(2)21-29(20-23)27-12-10-25(11-13-27)22-33-16-6-9-30(33)31(34)32-17-14-28(15-18-32)26-7-4-3-5-8-26/h3-5,7-8,10-13,19-21,28,30H,6,9,14-18,22H2,1-2H3. The van der Waals surface area contributed by atoms with Gasteiger partial charge in [-0.25, -0.2) is 0 Å². The van der Waals surface area contributed by atoms with Crippen LogP contribution in [0.4, 0.5) is 0 Å². The van der Waals surface area contributed by atoms with Gasteiger partial charge in [-0.15, -0.1) is 0 Å². The second kappa shape index (κ2) is 10.1. The molecule has 3 aromatic carbocycles. The van der Waals surface area contributed by atoms with Crippen LogP contribution in [-0.4, -0.2) is 41.4 Å². The van der Waals surface area contributed by atoms with Gasteiger partial charge in [0.2, 0.25) is 5.91 Å². The maximum atomic E-state index is 13.4. The van der Waals surface area contributed by atoms with Crippen LogP contribution in [0.1, 0.15) is 53.9 Å². The number of likely N-dealkylation sites (tertiary alicyclic amines) is 2. The first-order valence-electron chi connectivity index (χ1n) is 12.8. The quantitative estimate of drug-likeness (QED) is 0.451. The fourth-order valence-electron chi connectivity index (χ4n) is 5.84. The number of carbonyl (C=O) groups is 1. The van der Waals surface area contributed by atoms with Crippen LogP contribution >= 0.6 is 0 Å². The minimum Gasteiger partial charge on any atom is -0.341 e. The Morgan fingerprint density at radius 2 is 1.47 bits per heavy atom. The lowest BCUT2D eigenvalue weighted by molar-refractivity contribution is -0.137. The third kappa shape index (κ3) is 5.10. The van der Waals surface area contributed by atoms with Crippen molar-refractivity contribution in [3.8, 4) is 11.1 Å². The molecule has 0 N–H and O–H groups in total. The highest BCUT2D eigenvalue weighted by atomic mass is 16.2. The molecular weight excluding hydrogens is 416 g/mol. The number of hydrogen-bond acceptors (Lipinski definition) is 2. The lowest BCUT2D eigenvalue weighted by Crippen LogP contribution is -2.48. The molecule has 0 aromatic heterocycles. The van der Waals surface area contributed by atoms with E-state index in [1.165, 1.54) is 33.4 Å². The molecule has 2 saturated heterocycles. The van der Waals surface area contributed by atoms with Crippen LogP contribution in [0.3, 0.4) is 0 Å². The fraction of sp³-hybridized carbons (Fsp3) is 0.387. The Morgan fingerprint density at radius 1 is 0.794 bits per heavy atom. The Bertz CT molecular complexity index is 1090. The van der Waals surface area contributed by atoms with E-state index in [2.05, 4.69) is 96.4 Å². The smallest absolute Gasteiger partial charge is 0.239 e. The van der Waals surface area contributed by atoms with Gasteiger partial charge < -0.3 is 4.90 Å². The molecule has 3 nitrogen and oxygen atoms in total. The first kappa shape index (κ1) is 22.9. The van der Waals surface area contributed by atoms with Crippen LogP contribution in [0.25, 0.3) is 11.1 Å². The molecule has 1 atom stereocenters. The highest BCUT2D eigenvalue weighted by Gasteiger charge is 2.35. The summed E-state index contributed by atoms with van der Waals surface area (Å²) in [5.41, 5.74) is 7.83. The van der Waals surface area contributed by atoms with E-state index in [4.69, 9.17) is 0 Å². The fourth-order valence-corrected chi connectivity index (χ4v) is 5.84. The SMILES string of the molecule is Cc1cc(C)cc(-c2ccc(CN3CCCC3C(=O)N3CCC(c4ccccc4)CC3)cc2)c1. The van der Waals surface area contributed by atoms with Crippen LogP contribution in [-0.2, 0) is 11.3 Å². The van der Waals surface area contributed by atoms with Crippen LogP contribution in [0.15, 0.2) is 72.8 Å². The number of amides is 1. The van der Waals surface area contributed by atoms with Gasteiger partial charge >= 0.3 is 0 Å². The predicted octanol–water partition coefficient (Wildman–Crippen LogP) is 6.34. The van der Waals surface area contributed by atoms with Crippen LogP contribution in [0, 0.1) is 13.8 Å². The molecule has 0 aliphatic carbocycles. The van der Waals surface area contributed by atoms with E-state index >= 15 is 0 Å². The number of hydrogen-bond donors (Lipinski definition) is 0. The normalized spacial score (nSPS) is 19.5. The number of benzene rings is 3. The van der Waals surface area contributed by atoms with Crippen molar-refractivity contribution in [2.75, 3.05) is 19.6 Å². The molecule has 2 heterocycles. The van der Waals surface area contributed by atoms with Crippen LogP contribution < -0.4 is 0 Å². The van der Waals surface area contributed by atoms with E-state index in [0.717, 1.165) is 51.9 Å². The molecule has 3 heteroatoms. The second-order valence-electron chi connectivity index (χ2n) is 10.2. The van der Waals surface area contributed by atoms with Gasteiger partial charge in [0.15, 0.2) is 0 Å². The van der Waals surface area contributed by atoms with E-state index in [1.54, 1.807) is 0 Å². The number of nitrogens with zero attached hydrogens (tertiary/aromatic N) is 2. The van der Waals surface area contributed by atoms with Gasteiger partial charge in [-0.2, -0.15) is 0 Å². The zero-order valence-electron chi connectivity index (χ0n) is 20.5. The zero-order valence-corrected chi connectivity index (χ0v) is 20.5. The number of carbonyl (C=O) groups excluding carboxylic acids is 1. The molecule has 0 radical (unpaired) electrons. The Kier molecular flexibility index (Phi) is 6.82. The van der Waals surface area contributed by atoms with Gasteiger partial charge in [0.25, 0.3) is 0 Å². The molecule has 2 fully saturated rings. The summed E-state index contributed by atoms with van der Waals surface area (Å²) in [4.78, 5) is 18.0. The average molecular weight is 453 g/mol. The van der Waals surface area contributed by atoms with Gasteiger partial charge in [-0.1, -0.05) is 83.9 Å². The summed E-state index contributed by atoms with van der Waals surface area (Å²) < 4.78 is 0. The highest BCUT2D eigenvalue weighted by molar-refractivity contribution is 5.82. The topological polar surface area (TPSA) is 23.6 Å². The molecule has 176 valence electrons. The predicted molar refractivity (Wildman–Crippen MR) is 140 cm³/mol. The number of rotatable bonds is 5. The van der Waals surface area contributed by atoms with E-state index in [-0.39, 0.29) is 6.04 Å². The molecule has 34 heavy (non-hydrogen) atoms. The van der Waals surface area contributed by atoms with Crippen molar-refractivity contribution in [1.29, 1.82) is 0 Å². The molecular formula is C31H36N2O. The zero-order chi connectivity index (χ0) is 23.5. The van der Waals surface area contributed by atoms with E-state index < -0.39 is 0 Å². The summed E-state index contributed by atoms with van der Waals surface area (Å²) in [6.45, 7) is 7.93. The molecule has 0 saturated carbocycles. The maximum absolute atomic E-state index is 13.4. The molecule has 5 rings (SSSR count). The van der Waals surface area contributed by atoms with Crippen molar-refractivity contribution in [2.24, 2.45) is 0 Å². The maximum Gasteiger partial charge on any atom is 0.239 e. The third-order valence-electron chi connectivity index (χ3n) is 7.62. The van der Waals surface area contributed by atoms with Gasteiger partial charge in [0.1, 0.15) is 0 Å². The molecule has 0 bridgehead atoms. The Labute approximate surface area is 204 Å². The molecule has 1 amide bonds. The lowest BCUT2D eigenvalue weighted by Gasteiger charge is -2.35. The molecule has 3 aromatic rings. The van der Waals surface area contributed by atoms with Crippen molar-refractivity contribution in [1.82, 2.24) is 9.80 Å². The molecule has 2 aliphatic rings. The van der Waals surface area contributed by atoms with Gasteiger partial charge in [-0.05, 0) is 74.2 Å². The highest BCUT2D eigenvalue weighted by Crippen LogP contribution is 2.30. The third-order valence-corrected chi connectivity index (χ3v) is 7.62. The molecule has 0 spiro atoms. The average Bonchev–Trinajstić information content (AvgIpc) is 3.32. The summed E-state index contributed by atoms with van der Waals surface area (Å²) >= 11 is 0. The van der Waals surface area contributed by atoms with Crippen molar-refractivity contribution in [2.45, 2.75) is 58.0 Å². The summed E-state index contributed by atoms with van der Waals surface area (Å²) in [7, 11) is 0. The number of aryl methyl sites for hydroxylation is 2. The Balaban J connectivity index is 1.20. The molecule has 2 aliphatic heterocycles. The van der Waals surface area contributed by atoms with E-state index in [0.29, 0.717) is 11.8 Å². The summed E-state index contributed by atoms with van der Waals surface area (Å²) in [5.74, 6) is 0.927. The lowest BCUT2D eigenvalue weighted by atomic mass is 9.89. The van der Waals surface area contributed by atoms with Crippen LogP contribution in [0.2, 0.25) is 0 Å². The monoisotopic (exact) mass is 452 g/mol. The van der Waals surface area contributed by atoms with Crippen molar-refractivity contribution >= 4 is 5.91 Å². The van der Waals surface area contributed by atoms with Gasteiger partial charge in [-0.3, -0.25) is 9.69 Å². The minimum absolute atomic E-state index is 0.0346. The van der Waals surface area contributed by atoms with Crippen molar-refractivity contribution < 1.29 is 4.79 Å². The Hall–Kier alpha value is -2.91. The van der Waals surface area contributed by atoms with Crippen molar-refractivity contribution in [3.05, 3.63) is 95.1 Å². The Morgan fingerprint density at radius 3 is 2.15 bits per heavy atom. The second-order valence-corrected chi connectivity index (χ2v) is 10.2. The van der Waals surface area contributed by atoms with Gasteiger partial charge in [0.05, 0.1) is 6.04 Å². The molecule has 1 unspecified atom stereocenters. The summed E-state index contributed by atoms with van der Waals surface area (Å²) in [6, 6.07) is 26.4. The summed E-state index contributed by atoms with van der Waals surface area (Å²) in [5, 5.41) is 0. The van der Waals surface area contributed by atoms with Gasteiger partial charge in [0, 0.05) is 19.6 Å². The first-order valence-corrected chi connectivity index (χ1v) is 12.8. The minimum atomic E-state index is 0.0346. The first-order chi connectivity index (χ1) is 16.6. The van der Waals surface area contributed by atoms with Crippen LogP contribution in [0.5, 0.6) is 0 Å².